The van der Waals surface area contributed by atoms with Crippen LogP contribution in [0.2, 0.25) is 5.02 Å². The summed E-state index contributed by atoms with van der Waals surface area (Å²) in [6, 6.07) is 14.3. The summed E-state index contributed by atoms with van der Waals surface area (Å²) in [5.41, 5.74) is 9.54. The molecular weight excluding hydrogens is 456 g/mol. The van der Waals surface area contributed by atoms with Crippen molar-refractivity contribution in [3.63, 3.8) is 0 Å². The van der Waals surface area contributed by atoms with Crippen molar-refractivity contribution in [2.75, 3.05) is 0 Å². The van der Waals surface area contributed by atoms with Crippen LogP contribution in [-0.2, 0) is 37.4 Å². The number of hydrogen-bond donors (Lipinski definition) is 2. The van der Waals surface area contributed by atoms with Crippen LogP contribution in [0.4, 0.5) is 0 Å². The summed E-state index contributed by atoms with van der Waals surface area (Å²) in [5.74, 6) is -0.753. The largest absolute Gasteiger partial charge is 0.420 e. The zero-order chi connectivity index (χ0) is 24.2. The van der Waals surface area contributed by atoms with Gasteiger partial charge in [0, 0.05) is 43.0 Å². The van der Waals surface area contributed by atoms with Gasteiger partial charge in [0.1, 0.15) is 0 Å². The quantitative estimate of drug-likeness (QED) is 0.402. The number of oxazole rings is 1. The van der Waals surface area contributed by atoms with E-state index in [1.54, 1.807) is 49.5 Å². The number of benzene rings is 2. The van der Waals surface area contributed by atoms with Crippen LogP contribution in [-0.4, -0.2) is 15.0 Å². The summed E-state index contributed by atoms with van der Waals surface area (Å²) in [6.07, 6.45) is 1.62. The van der Waals surface area contributed by atoms with Gasteiger partial charge in [-0.1, -0.05) is 29.8 Å². The first-order valence-corrected chi connectivity index (χ1v) is 11.3. The molecule has 0 aliphatic carbocycles. The third kappa shape index (κ3) is 4.98. The molecule has 0 saturated heterocycles. The zero-order valence-electron chi connectivity index (χ0n) is 18.7. The topological polar surface area (TPSA) is 112 Å². The number of nitrogens with two attached hydrogens (primary N) is 1. The number of amides is 1. The SMILES string of the molecule is Cc1ccn(CCn2c(=O)oc3ccccc32)c(=O)c1CC(=O)NCc1cc(Cl)ccc1CN. The number of carbonyl (C=O) groups excluding carboxylic acids is 1. The molecule has 4 rings (SSSR count). The molecule has 0 saturated carbocycles. The molecule has 2 aromatic carbocycles. The lowest BCUT2D eigenvalue weighted by Gasteiger charge is -2.13. The number of pyridine rings is 1. The number of para-hydroxylation sites is 2. The fourth-order valence-electron chi connectivity index (χ4n) is 3.91. The van der Waals surface area contributed by atoms with Crippen molar-refractivity contribution < 1.29 is 9.21 Å². The van der Waals surface area contributed by atoms with Crippen molar-refractivity contribution in [1.29, 1.82) is 0 Å². The Morgan fingerprint density at radius 2 is 1.88 bits per heavy atom. The smallest absolute Gasteiger partial charge is 0.408 e. The molecule has 0 radical (unpaired) electrons. The number of rotatable bonds is 8. The van der Waals surface area contributed by atoms with Crippen LogP contribution in [0.3, 0.4) is 0 Å². The number of aromatic nitrogens is 2. The molecule has 0 fully saturated rings. The van der Waals surface area contributed by atoms with E-state index in [9.17, 15) is 14.4 Å². The lowest BCUT2D eigenvalue weighted by Crippen LogP contribution is -2.32. The van der Waals surface area contributed by atoms with Crippen molar-refractivity contribution in [3.05, 3.63) is 103 Å². The Bertz CT molecular complexity index is 1470. The fraction of sp³-hybridized carbons (Fsp3) is 0.240. The molecule has 0 spiro atoms. The molecule has 0 aliphatic heterocycles. The van der Waals surface area contributed by atoms with Crippen LogP contribution in [0.1, 0.15) is 22.3 Å². The van der Waals surface area contributed by atoms with Gasteiger partial charge in [-0.15, -0.1) is 0 Å². The summed E-state index contributed by atoms with van der Waals surface area (Å²) in [4.78, 5) is 37.9. The van der Waals surface area contributed by atoms with E-state index in [0.29, 0.717) is 28.2 Å². The first-order chi connectivity index (χ1) is 16.4. The van der Waals surface area contributed by atoms with Crippen molar-refractivity contribution in [2.45, 2.75) is 39.5 Å². The highest BCUT2D eigenvalue weighted by molar-refractivity contribution is 6.30. The van der Waals surface area contributed by atoms with Gasteiger partial charge in [-0.05, 0) is 53.9 Å². The Balaban J connectivity index is 1.47. The predicted octanol–water partition coefficient (Wildman–Crippen LogP) is 2.74. The summed E-state index contributed by atoms with van der Waals surface area (Å²) in [7, 11) is 0. The molecule has 0 aliphatic rings. The predicted molar refractivity (Wildman–Crippen MR) is 131 cm³/mol. The van der Waals surface area contributed by atoms with Crippen molar-refractivity contribution >= 4 is 28.6 Å². The van der Waals surface area contributed by atoms with Crippen LogP contribution in [0, 0.1) is 6.92 Å². The van der Waals surface area contributed by atoms with Gasteiger partial charge >= 0.3 is 5.76 Å². The minimum absolute atomic E-state index is 0.0569. The van der Waals surface area contributed by atoms with E-state index < -0.39 is 5.76 Å². The number of aryl methyl sites for hydroxylation is 3. The number of carbonyl (C=O) groups is 1. The second kappa shape index (κ2) is 10.1. The average molecular weight is 481 g/mol. The van der Waals surface area contributed by atoms with Crippen LogP contribution in [0.25, 0.3) is 11.1 Å². The maximum atomic E-state index is 13.1. The van der Waals surface area contributed by atoms with Crippen molar-refractivity contribution in [2.24, 2.45) is 5.73 Å². The maximum Gasteiger partial charge on any atom is 0.420 e. The molecule has 0 bridgehead atoms. The fourth-order valence-corrected chi connectivity index (χ4v) is 4.11. The van der Waals surface area contributed by atoms with E-state index in [-0.39, 0.29) is 37.5 Å². The van der Waals surface area contributed by atoms with Crippen molar-refractivity contribution in [1.82, 2.24) is 14.5 Å². The van der Waals surface area contributed by atoms with Crippen LogP contribution in [0.5, 0.6) is 0 Å². The number of fused-ring (bicyclic) bond motifs is 1. The Kier molecular flexibility index (Phi) is 7.00. The highest BCUT2D eigenvalue weighted by Gasteiger charge is 2.14. The van der Waals surface area contributed by atoms with E-state index in [0.717, 1.165) is 16.7 Å². The molecule has 176 valence electrons. The Morgan fingerprint density at radius 3 is 2.68 bits per heavy atom. The molecule has 0 unspecified atom stereocenters. The summed E-state index contributed by atoms with van der Waals surface area (Å²) < 4.78 is 8.25. The maximum absolute atomic E-state index is 13.1. The number of nitrogens with zero attached hydrogens (tertiary/aromatic N) is 2. The van der Waals surface area contributed by atoms with E-state index in [2.05, 4.69) is 5.32 Å². The van der Waals surface area contributed by atoms with E-state index in [4.69, 9.17) is 21.8 Å². The average Bonchev–Trinajstić information content (AvgIpc) is 3.15. The Hall–Kier alpha value is -3.62. The van der Waals surface area contributed by atoms with Crippen LogP contribution in [0.15, 0.2) is 68.7 Å². The first-order valence-electron chi connectivity index (χ1n) is 10.9. The first kappa shape index (κ1) is 23.5. The Morgan fingerprint density at radius 1 is 1.09 bits per heavy atom. The highest BCUT2D eigenvalue weighted by atomic mass is 35.5. The summed E-state index contributed by atoms with van der Waals surface area (Å²) in [6.45, 7) is 2.93. The lowest BCUT2D eigenvalue weighted by atomic mass is 10.1. The van der Waals surface area contributed by atoms with Crippen LogP contribution < -0.4 is 22.4 Å². The molecule has 9 heteroatoms. The minimum atomic E-state index is -0.473. The van der Waals surface area contributed by atoms with E-state index >= 15 is 0 Å². The minimum Gasteiger partial charge on any atom is -0.408 e. The Labute approximate surface area is 200 Å². The normalized spacial score (nSPS) is 11.1. The molecule has 4 aromatic rings. The van der Waals surface area contributed by atoms with Gasteiger partial charge in [0.2, 0.25) is 5.91 Å². The zero-order valence-corrected chi connectivity index (χ0v) is 19.5. The van der Waals surface area contributed by atoms with Gasteiger partial charge in [0.05, 0.1) is 11.9 Å². The van der Waals surface area contributed by atoms with Gasteiger partial charge in [-0.3, -0.25) is 14.2 Å². The molecule has 8 nitrogen and oxygen atoms in total. The molecular formula is C25H25ClN4O4. The van der Waals surface area contributed by atoms with Gasteiger partial charge in [-0.2, -0.15) is 0 Å². The molecule has 34 heavy (non-hydrogen) atoms. The van der Waals surface area contributed by atoms with Gasteiger partial charge in [0.25, 0.3) is 5.56 Å². The van der Waals surface area contributed by atoms with Crippen molar-refractivity contribution in [3.8, 4) is 0 Å². The summed E-state index contributed by atoms with van der Waals surface area (Å²) in [5, 5.41) is 3.41. The molecule has 0 atom stereocenters. The number of nitrogens with one attached hydrogen (secondary N) is 1. The molecule has 2 aromatic heterocycles. The van der Waals surface area contributed by atoms with Gasteiger partial charge in [0.15, 0.2) is 5.58 Å². The standard InChI is InChI=1S/C25H25ClN4O4/c1-16-8-9-29(10-11-30-21-4-2-3-5-22(21)34-25(30)33)24(32)20(16)13-23(31)28-15-18-12-19(26)7-6-17(18)14-27/h2-9,12H,10-11,13-15,27H2,1H3,(H,28,31). The molecule has 3 N–H and O–H groups in total. The lowest BCUT2D eigenvalue weighted by molar-refractivity contribution is -0.120. The number of hydrogen-bond acceptors (Lipinski definition) is 5. The van der Waals surface area contributed by atoms with E-state index in [1.165, 1.54) is 9.13 Å². The summed E-state index contributed by atoms with van der Waals surface area (Å²) >= 11 is 6.06. The van der Waals surface area contributed by atoms with Crippen LogP contribution >= 0.6 is 11.6 Å². The highest BCUT2D eigenvalue weighted by Crippen LogP contribution is 2.16. The van der Waals surface area contributed by atoms with Gasteiger partial charge < -0.3 is 20.0 Å². The van der Waals surface area contributed by atoms with Gasteiger partial charge in [-0.25, -0.2) is 4.79 Å². The number of halogens is 1. The monoisotopic (exact) mass is 480 g/mol. The molecule has 2 heterocycles. The third-order valence-corrected chi connectivity index (χ3v) is 6.07. The van der Waals surface area contributed by atoms with E-state index in [1.807, 2.05) is 12.1 Å². The third-order valence-electron chi connectivity index (χ3n) is 5.84. The second-order valence-electron chi connectivity index (χ2n) is 8.03. The second-order valence-corrected chi connectivity index (χ2v) is 8.47. The molecule has 1 amide bonds.